The molecule has 4 rings (SSSR count). The van der Waals surface area contributed by atoms with Crippen LogP contribution >= 0.6 is 11.3 Å². The summed E-state index contributed by atoms with van der Waals surface area (Å²) in [4.78, 5) is 23.5. The maximum atomic E-state index is 13.0. The lowest BCUT2D eigenvalue weighted by Gasteiger charge is -2.32. The molecule has 1 saturated heterocycles. The number of pyridine rings is 1. The van der Waals surface area contributed by atoms with Crippen LogP contribution in [-0.4, -0.2) is 40.3 Å². The SMILES string of the molecule is CCc1ccc(CN2CCc3c(C(=O)N4CCCC(C)C4)csc3C2)nc1. The van der Waals surface area contributed by atoms with Crippen LogP contribution in [0.1, 0.15) is 58.7 Å². The molecule has 1 atom stereocenters. The zero-order chi connectivity index (χ0) is 18.8. The van der Waals surface area contributed by atoms with Crippen molar-refractivity contribution in [3.05, 3.63) is 51.0 Å². The molecule has 0 aliphatic carbocycles. The molecule has 0 radical (unpaired) electrons. The summed E-state index contributed by atoms with van der Waals surface area (Å²) in [5.74, 6) is 0.878. The number of likely N-dealkylation sites (tertiary alicyclic amines) is 1. The Bertz CT molecular complexity index is 798. The molecule has 144 valence electrons. The van der Waals surface area contributed by atoms with Crippen molar-refractivity contribution in [3.63, 3.8) is 0 Å². The van der Waals surface area contributed by atoms with E-state index in [0.29, 0.717) is 5.92 Å². The van der Waals surface area contributed by atoms with Crippen molar-refractivity contribution >= 4 is 17.2 Å². The van der Waals surface area contributed by atoms with Crippen LogP contribution < -0.4 is 0 Å². The van der Waals surface area contributed by atoms with Gasteiger partial charge < -0.3 is 4.90 Å². The van der Waals surface area contributed by atoms with E-state index >= 15 is 0 Å². The minimum Gasteiger partial charge on any atom is -0.338 e. The highest BCUT2D eigenvalue weighted by atomic mass is 32.1. The fourth-order valence-corrected chi connectivity index (χ4v) is 5.34. The molecule has 2 aromatic heterocycles. The molecule has 2 aliphatic heterocycles. The molecular formula is C22H29N3OS. The Morgan fingerprint density at radius 1 is 1.33 bits per heavy atom. The maximum absolute atomic E-state index is 13.0. The van der Waals surface area contributed by atoms with Crippen LogP contribution in [0.4, 0.5) is 0 Å². The van der Waals surface area contributed by atoms with E-state index in [1.54, 1.807) is 11.3 Å². The zero-order valence-corrected chi connectivity index (χ0v) is 17.2. The number of aromatic nitrogens is 1. The molecule has 2 aliphatic rings. The van der Waals surface area contributed by atoms with Crippen LogP contribution in [0.25, 0.3) is 0 Å². The Kier molecular flexibility index (Phi) is 5.60. The van der Waals surface area contributed by atoms with Crippen LogP contribution in [0.5, 0.6) is 0 Å². The molecule has 1 fully saturated rings. The molecule has 0 N–H and O–H groups in total. The molecule has 4 heterocycles. The summed E-state index contributed by atoms with van der Waals surface area (Å²) in [7, 11) is 0. The van der Waals surface area contributed by atoms with Crippen molar-refractivity contribution in [3.8, 4) is 0 Å². The second kappa shape index (κ2) is 8.11. The van der Waals surface area contributed by atoms with Gasteiger partial charge in [-0.1, -0.05) is 19.9 Å². The van der Waals surface area contributed by atoms with Crippen molar-refractivity contribution in [2.24, 2.45) is 5.92 Å². The van der Waals surface area contributed by atoms with Gasteiger partial charge in [0.15, 0.2) is 0 Å². The standard InChI is InChI=1S/C22H29N3OS/c1-3-17-6-7-18(23-11-17)13-24-10-8-19-20(15-27-21(19)14-24)22(26)25-9-4-5-16(2)12-25/h6-7,11,15-16H,3-5,8-10,12-14H2,1-2H3. The summed E-state index contributed by atoms with van der Waals surface area (Å²) in [5.41, 5.74) is 4.68. The molecule has 1 amide bonds. The van der Waals surface area contributed by atoms with Gasteiger partial charge in [-0.3, -0.25) is 14.7 Å². The fourth-order valence-electron chi connectivity index (χ4n) is 4.23. The highest BCUT2D eigenvalue weighted by Gasteiger charge is 2.28. The third-order valence-electron chi connectivity index (χ3n) is 5.88. The van der Waals surface area contributed by atoms with Crippen LogP contribution in [0.15, 0.2) is 23.7 Å². The van der Waals surface area contributed by atoms with Gasteiger partial charge in [0, 0.05) is 49.2 Å². The predicted molar refractivity (Wildman–Crippen MR) is 110 cm³/mol. The van der Waals surface area contributed by atoms with Gasteiger partial charge in [-0.2, -0.15) is 0 Å². The molecule has 0 aromatic carbocycles. The first-order valence-corrected chi connectivity index (χ1v) is 11.1. The van der Waals surface area contributed by atoms with Crippen molar-refractivity contribution in [1.82, 2.24) is 14.8 Å². The zero-order valence-electron chi connectivity index (χ0n) is 16.4. The van der Waals surface area contributed by atoms with Crippen molar-refractivity contribution in [2.45, 2.75) is 52.6 Å². The van der Waals surface area contributed by atoms with Crippen molar-refractivity contribution < 1.29 is 4.79 Å². The fraction of sp³-hybridized carbons (Fsp3) is 0.545. The number of aryl methyl sites for hydroxylation is 1. The van der Waals surface area contributed by atoms with Gasteiger partial charge in [-0.05, 0) is 48.8 Å². The minimum absolute atomic E-state index is 0.254. The highest BCUT2D eigenvalue weighted by Crippen LogP contribution is 2.31. The second-order valence-corrected chi connectivity index (χ2v) is 8.99. The monoisotopic (exact) mass is 383 g/mol. The van der Waals surface area contributed by atoms with E-state index in [9.17, 15) is 4.79 Å². The lowest BCUT2D eigenvalue weighted by Crippen LogP contribution is -2.39. The summed E-state index contributed by atoms with van der Waals surface area (Å²) in [6.45, 7) is 9.05. The number of thiophene rings is 1. The Morgan fingerprint density at radius 2 is 2.22 bits per heavy atom. The number of hydrogen-bond acceptors (Lipinski definition) is 4. The molecule has 4 nitrogen and oxygen atoms in total. The van der Waals surface area contributed by atoms with Crippen LogP contribution in [0.3, 0.4) is 0 Å². The number of hydrogen-bond donors (Lipinski definition) is 0. The average Bonchev–Trinajstić information content (AvgIpc) is 3.11. The summed E-state index contributed by atoms with van der Waals surface area (Å²) in [6, 6.07) is 4.33. The molecule has 1 unspecified atom stereocenters. The van der Waals surface area contributed by atoms with E-state index in [1.165, 1.54) is 22.4 Å². The Balaban J connectivity index is 1.43. The number of rotatable bonds is 4. The smallest absolute Gasteiger partial charge is 0.254 e. The van der Waals surface area contributed by atoms with Gasteiger partial charge >= 0.3 is 0 Å². The van der Waals surface area contributed by atoms with E-state index in [1.807, 2.05) is 6.20 Å². The number of nitrogens with zero attached hydrogens (tertiary/aromatic N) is 3. The number of carbonyl (C=O) groups is 1. The molecular weight excluding hydrogens is 354 g/mol. The lowest BCUT2D eigenvalue weighted by atomic mass is 9.98. The summed E-state index contributed by atoms with van der Waals surface area (Å²) >= 11 is 1.76. The average molecular weight is 384 g/mol. The molecule has 0 bridgehead atoms. The van der Waals surface area contributed by atoms with E-state index in [0.717, 1.165) is 63.2 Å². The molecule has 0 spiro atoms. The van der Waals surface area contributed by atoms with Gasteiger partial charge in [-0.25, -0.2) is 0 Å². The first kappa shape index (κ1) is 18.6. The van der Waals surface area contributed by atoms with E-state index in [4.69, 9.17) is 0 Å². The summed E-state index contributed by atoms with van der Waals surface area (Å²) in [6.07, 6.45) is 6.37. The predicted octanol–water partition coefficient (Wildman–Crippen LogP) is 4.14. The molecule has 0 saturated carbocycles. The number of piperidine rings is 1. The van der Waals surface area contributed by atoms with E-state index in [-0.39, 0.29) is 5.91 Å². The van der Waals surface area contributed by atoms with Crippen molar-refractivity contribution in [1.29, 1.82) is 0 Å². The van der Waals surface area contributed by atoms with E-state index in [2.05, 4.69) is 46.1 Å². The lowest BCUT2D eigenvalue weighted by molar-refractivity contribution is 0.0681. The van der Waals surface area contributed by atoms with Crippen molar-refractivity contribution in [2.75, 3.05) is 19.6 Å². The Morgan fingerprint density at radius 3 is 2.96 bits per heavy atom. The van der Waals surface area contributed by atoms with Gasteiger partial charge in [0.2, 0.25) is 0 Å². The quantitative estimate of drug-likeness (QED) is 0.796. The van der Waals surface area contributed by atoms with Crippen LogP contribution in [0.2, 0.25) is 0 Å². The maximum Gasteiger partial charge on any atom is 0.254 e. The Hall–Kier alpha value is -1.72. The first-order chi connectivity index (χ1) is 13.1. The highest BCUT2D eigenvalue weighted by molar-refractivity contribution is 7.10. The second-order valence-electron chi connectivity index (χ2n) is 8.02. The van der Waals surface area contributed by atoms with Gasteiger partial charge in [0.25, 0.3) is 5.91 Å². The summed E-state index contributed by atoms with van der Waals surface area (Å²) < 4.78 is 0. The number of fused-ring (bicyclic) bond motifs is 1. The topological polar surface area (TPSA) is 36.4 Å². The first-order valence-electron chi connectivity index (χ1n) is 10.2. The third kappa shape index (κ3) is 4.09. The van der Waals surface area contributed by atoms with Gasteiger partial charge in [0.05, 0.1) is 11.3 Å². The van der Waals surface area contributed by atoms with Gasteiger partial charge in [-0.15, -0.1) is 11.3 Å². The van der Waals surface area contributed by atoms with Crippen LogP contribution in [0, 0.1) is 5.92 Å². The Labute approximate surface area is 166 Å². The number of carbonyl (C=O) groups excluding carboxylic acids is 1. The normalized spacial score (nSPS) is 20.5. The van der Waals surface area contributed by atoms with Gasteiger partial charge in [0.1, 0.15) is 0 Å². The molecule has 27 heavy (non-hydrogen) atoms. The van der Waals surface area contributed by atoms with Crippen LogP contribution in [-0.2, 0) is 25.9 Å². The molecule has 2 aromatic rings. The largest absolute Gasteiger partial charge is 0.338 e. The van der Waals surface area contributed by atoms with E-state index < -0.39 is 0 Å². The minimum atomic E-state index is 0.254. The summed E-state index contributed by atoms with van der Waals surface area (Å²) in [5, 5.41) is 2.10. The molecule has 5 heteroatoms. The third-order valence-corrected chi connectivity index (χ3v) is 6.89. The number of amides is 1.